The van der Waals surface area contributed by atoms with Gasteiger partial charge in [0.05, 0.1) is 38.0 Å². The largest absolute Gasteiger partial charge is 0.468 e. The average Bonchev–Trinajstić information content (AvgIpc) is 3.54. The Bertz CT molecular complexity index is 1970. The van der Waals surface area contributed by atoms with Gasteiger partial charge in [0.2, 0.25) is 15.9 Å². The van der Waals surface area contributed by atoms with Crippen molar-refractivity contribution >= 4 is 38.5 Å². The van der Waals surface area contributed by atoms with Crippen LogP contribution in [-0.2, 0) is 48.7 Å². The van der Waals surface area contributed by atoms with Crippen molar-refractivity contribution in [2.24, 2.45) is 16.8 Å². The number of rotatable bonds is 18. The fraction of sp³-hybridized carbons (Fsp3) is 0.378. The Kier molecular flexibility index (Phi) is 13.6. The van der Waals surface area contributed by atoms with Gasteiger partial charge in [-0.25, -0.2) is 18.5 Å². The van der Waals surface area contributed by atoms with Crippen molar-refractivity contribution in [2.75, 3.05) is 20.2 Å². The van der Waals surface area contributed by atoms with E-state index >= 15 is 0 Å². The third-order valence-electron chi connectivity index (χ3n) is 9.09. The van der Waals surface area contributed by atoms with Crippen LogP contribution in [0, 0.1) is 17.2 Å². The van der Waals surface area contributed by atoms with Crippen molar-refractivity contribution in [1.82, 2.24) is 19.8 Å². The Labute approximate surface area is 298 Å². The number of amides is 1. The molecule has 0 aliphatic carbocycles. The van der Waals surface area contributed by atoms with E-state index in [0.717, 1.165) is 29.0 Å². The van der Waals surface area contributed by atoms with Gasteiger partial charge < -0.3 is 20.4 Å². The van der Waals surface area contributed by atoms with Gasteiger partial charge in [-0.15, -0.1) is 0 Å². The normalized spacial score (nSPS) is 14.0. The molecule has 0 spiro atoms. The van der Waals surface area contributed by atoms with E-state index in [-0.39, 0.29) is 37.9 Å². The van der Waals surface area contributed by atoms with Gasteiger partial charge in [0.15, 0.2) is 5.78 Å². The smallest absolute Gasteiger partial charge is 0.322 e. The standard InChI is InChI=1S/C37H45N7O6S/c1-4-25(2)33(42-36(46)16-30-19-41-24-44(30)20-27-14-12-26(18-38)13-15-27)22-43(21-29-10-7-9-28-8-5-6-11-31(28)29)23-34(45)35(51(40,48)49)17-32(39)37(47)50-3/h5-15,19,24-25,32-33,35H,4,16-17,20-23,39H2,1-3H3,(H,42,46)(H2,40,48,49). The first kappa shape index (κ1) is 38.9. The van der Waals surface area contributed by atoms with Crippen molar-refractivity contribution in [2.45, 2.75) is 63.5 Å². The van der Waals surface area contributed by atoms with Gasteiger partial charge in [-0.3, -0.25) is 19.3 Å². The number of nitriles is 1. The Morgan fingerprint density at radius 2 is 1.78 bits per heavy atom. The molecular formula is C37H45N7O6S. The van der Waals surface area contributed by atoms with Crippen molar-refractivity contribution < 1.29 is 27.5 Å². The highest BCUT2D eigenvalue weighted by molar-refractivity contribution is 7.90. The van der Waals surface area contributed by atoms with E-state index in [1.807, 2.05) is 73.0 Å². The van der Waals surface area contributed by atoms with Gasteiger partial charge in [0, 0.05) is 37.6 Å². The number of nitrogens with zero attached hydrogens (tertiary/aromatic N) is 4. The molecule has 14 heteroatoms. The van der Waals surface area contributed by atoms with Crippen LogP contribution in [0.25, 0.3) is 10.8 Å². The zero-order valence-corrected chi connectivity index (χ0v) is 29.9. The predicted molar refractivity (Wildman–Crippen MR) is 193 cm³/mol. The maximum atomic E-state index is 13.8. The molecule has 4 rings (SSSR count). The Hall–Kier alpha value is -4.94. The average molecular weight is 716 g/mol. The second kappa shape index (κ2) is 17.8. The Morgan fingerprint density at radius 1 is 1.08 bits per heavy atom. The van der Waals surface area contributed by atoms with Crippen LogP contribution in [-0.4, -0.2) is 78.1 Å². The van der Waals surface area contributed by atoms with Crippen LogP contribution in [0.4, 0.5) is 0 Å². The van der Waals surface area contributed by atoms with Crippen LogP contribution in [0.15, 0.2) is 79.3 Å². The molecule has 4 unspecified atom stereocenters. The topological polar surface area (TPSA) is 203 Å². The molecule has 51 heavy (non-hydrogen) atoms. The summed E-state index contributed by atoms with van der Waals surface area (Å²) in [5.74, 6) is -1.85. The number of hydrogen-bond donors (Lipinski definition) is 3. The Morgan fingerprint density at radius 3 is 2.45 bits per heavy atom. The van der Waals surface area contributed by atoms with E-state index in [9.17, 15) is 22.8 Å². The number of ketones is 1. The molecule has 1 amide bonds. The molecule has 4 atom stereocenters. The summed E-state index contributed by atoms with van der Waals surface area (Å²) in [6, 6.07) is 21.1. The molecule has 0 fully saturated rings. The third-order valence-corrected chi connectivity index (χ3v) is 10.3. The van der Waals surface area contributed by atoms with Crippen LogP contribution in [0.5, 0.6) is 0 Å². The second-order valence-corrected chi connectivity index (χ2v) is 14.5. The summed E-state index contributed by atoms with van der Waals surface area (Å²) in [7, 11) is -3.32. The number of carbonyl (C=O) groups is 3. The molecular weight excluding hydrogens is 671 g/mol. The fourth-order valence-corrected chi connectivity index (χ4v) is 6.89. The summed E-state index contributed by atoms with van der Waals surface area (Å²) in [5.41, 5.74) is 8.97. The molecule has 0 radical (unpaired) electrons. The fourth-order valence-electron chi connectivity index (χ4n) is 5.98. The number of nitrogens with one attached hydrogen (secondary N) is 1. The van der Waals surface area contributed by atoms with Crippen molar-refractivity contribution in [3.8, 4) is 6.07 Å². The summed E-state index contributed by atoms with van der Waals surface area (Å²) in [6.45, 7) is 4.60. The maximum absolute atomic E-state index is 13.8. The minimum Gasteiger partial charge on any atom is -0.468 e. The molecule has 1 aromatic heterocycles. The number of aromatic nitrogens is 2. The van der Waals surface area contributed by atoms with Crippen LogP contribution in [0.1, 0.15) is 49.1 Å². The SMILES string of the molecule is CCC(C)C(CN(CC(=O)C(CC(N)C(=O)OC)S(N)(=O)=O)Cc1cccc2ccccc12)NC(=O)Cc1cncn1Cc1ccc(C#N)cc1. The van der Waals surface area contributed by atoms with Crippen molar-refractivity contribution in [1.29, 1.82) is 5.26 Å². The molecule has 0 aliphatic rings. The van der Waals surface area contributed by atoms with Gasteiger partial charge in [0.25, 0.3) is 0 Å². The van der Waals surface area contributed by atoms with Crippen LogP contribution < -0.4 is 16.2 Å². The molecule has 270 valence electrons. The second-order valence-electron chi connectivity index (χ2n) is 12.8. The number of hydrogen-bond acceptors (Lipinski definition) is 10. The molecule has 1 heterocycles. The van der Waals surface area contributed by atoms with Crippen LogP contribution in [0.3, 0.4) is 0 Å². The van der Waals surface area contributed by atoms with E-state index in [2.05, 4.69) is 21.1 Å². The highest BCUT2D eigenvalue weighted by Gasteiger charge is 2.35. The summed E-state index contributed by atoms with van der Waals surface area (Å²) < 4.78 is 31.8. The first-order valence-electron chi connectivity index (χ1n) is 16.7. The molecule has 0 saturated heterocycles. The van der Waals surface area contributed by atoms with Gasteiger partial charge in [-0.1, -0.05) is 74.9 Å². The highest BCUT2D eigenvalue weighted by atomic mass is 32.2. The molecule has 0 bridgehead atoms. The number of esters is 1. The number of sulfonamides is 1. The first-order chi connectivity index (χ1) is 24.3. The summed E-state index contributed by atoms with van der Waals surface area (Å²) >= 11 is 0. The number of primary sulfonamides is 1. The number of nitrogens with two attached hydrogens (primary N) is 2. The van der Waals surface area contributed by atoms with E-state index < -0.39 is 45.5 Å². The van der Waals surface area contributed by atoms with E-state index in [0.29, 0.717) is 24.2 Å². The minimum atomic E-state index is -4.44. The number of imidazole rings is 1. The van der Waals surface area contributed by atoms with Gasteiger partial charge in [-0.05, 0) is 46.4 Å². The van der Waals surface area contributed by atoms with Crippen molar-refractivity contribution in [3.05, 3.63) is 102 Å². The van der Waals surface area contributed by atoms with E-state index in [4.69, 9.17) is 16.1 Å². The number of Topliss-reactive ketones (excluding diaryl/α,β-unsaturated/α-hetero) is 1. The molecule has 13 nitrogen and oxygen atoms in total. The van der Waals surface area contributed by atoms with Crippen molar-refractivity contribution in [3.63, 3.8) is 0 Å². The monoisotopic (exact) mass is 715 g/mol. The summed E-state index contributed by atoms with van der Waals surface area (Å²) in [5, 5.41) is 18.0. The van der Waals surface area contributed by atoms with E-state index in [1.54, 1.807) is 29.6 Å². The number of ether oxygens (including phenoxy) is 1. The van der Waals surface area contributed by atoms with Gasteiger partial charge in [-0.2, -0.15) is 5.26 Å². The number of carbonyl (C=O) groups excluding carboxylic acids is 3. The number of benzene rings is 3. The van der Waals surface area contributed by atoms with Crippen LogP contribution in [0.2, 0.25) is 0 Å². The number of fused-ring (bicyclic) bond motifs is 1. The van der Waals surface area contributed by atoms with Gasteiger partial charge >= 0.3 is 5.97 Å². The molecule has 5 N–H and O–H groups in total. The molecule has 0 aliphatic heterocycles. The quantitative estimate of drug-likeness (QED) is 0.129. The molecule has 4 aromatic rings. The lowest BCUT2D eigenvalue weighted by molar-refractivity contribution is -0.142. The maximum Gasteiger partial charge on any atom is 0.322 e. The summed E-state index contributed by atoms with van der Waals surface area (Å²) in [6.07, 6.45) is 3.52. The first-order valence-corrected chi connectivity index (χ1v) is 18.3. The summed E-state index contributed by atoms with van der Waals surface area (Å²) in [4.78, 5) is 45.4. The highest BCUT2D eigenvalue weighted by Crippen LogP contribution is 2.22. The predicted octanol–water partition coefficient (Wildman–Crippen LogP) is 2.65. The lowest BCUT2D eigenvalue weighted by Crippen LogP contribution is -2.51. The van der Waals surface area contributed by atoms with Gasteiger partial charge in [0.1, 0.15) is 11.3 Å². The zero-order chi connectivity index (χ0) is 37.1. The third kappa shape index (κ3) is 10.8. The van der Waals surface area contributed by atoms with Crippen LogP contribution >= 0.6 is 0 Å². The lowest BCUT2D eigenvalue weighted by atomic mass is 9.97. The molecule has 0 saturated carbocycles. The molecule has 3 aromatic carbocycles. The zero-order valence-electron chi connectivity index (χ0n) is 29.1. The minimum absolute atomic E-state index is 0.0237. The number of methoxy groups -OCH3 is 1. The van der Waals surface area contributed by atoms with E-state index in [1.165, 1.54) is 0 Å². The lowest BCUT2D eigenvalue weighted by Gasteiger charge is -2.32. The Balaban J connectivity index is 1.58.